The first kappa shape index (κ1) is 25.8. The van der Waals surface area contributed by atoms with Crippen molar-refractivity contribution >= 4 is 5.69 Å². The van der Waals surface area contributed by atoms with Gasteiger partial charge in [-0.1, -0.05) is 46.8 Å². The van der Waals surface area contributed by atoms with E-state index in [9.17, 15) is 15.2 Å². The quantitative estimate of drug-likeness (QED) is 0.306. The van der Waals surface area contributed by atoms with Crippen molar-refractivity contribution in [2.45, 2.75) is 59.1 Å². The Morgan fingerprint density at radius 3 is 2.06 bits per heavy atom. The molecule has 0 saturated heterocycles. The third-order valence-corrected chi connectivity index (χ3v) is 5.51. The summed E-state index contributed by atoms with van der Waals surface area (Å²) < 4.78 is 6.38. The molecule has 1 N–H and O–H groups in total. The molecule has 0 aliphatic carbocycles. The summed E-state index contributed by atoms with van der Waals surface area (Å²) in [5, 5.41) is 21.3. The Bertz CT molecular complexity index is 882. The Hall–Kier alpha value is -2.44. The number of hydrogen-bond donors (Lipinski definition) is 1. The lowest BCUT2D eigenvalue weighted by molar-refractivity contribution is -0.906. The summed E-state index contributed by atoms with van der Waals surface area (Å²) in [5.74, 6) is 0.750. The predicted molar refractivity (Wildman–Crippen MR) is 129 cm³/mol. The molecule has 0 bridgehead atoms. The van der Waals surface area contributed by atoms with Gasteiger partial charge in [-0.25, -0.2) is 0 Å². The number of quaternary nitrogens is 1. The standard InChI is InChI=1S/C26H39N2O4/c1-25(2,3)19-26(4,5)21-10-14-24(15-11-21)32-18-23(29)17-28(6,7)16-20-8-12-22(13-9-20)27(30)31/h8-15,23,29H,16-19H2,1-7H3/q+1/t23-/m1/s1. The van der Waals surface area contributed by atoms with E-state index >= 15 is 0 Å². The van der Waals surface area contributed by atoms with E-state index in [2.05, 4.69) is 46.8 Å². The minimum Gasteiger partial charge on any atom is -0.491 e. The summed E-state index contributed by atoms with van der Waals surface area (Å²) in [6.45, 7) is 12.7. The van der Waals surface area contributed by atoms with Gasteiger partial charge in [-0.05, 0) is 47.1 Å². The second kappa shape index (κ2) is 10.0. The van der Waals surface area contributed by atoms with Crippen molar-refractivity contribution < 1.29 is 19.2 Å². The van der Waals surface area contributed by atoms with Gasteiger partial charge in [-0.2, -0.15) is 0 Å². The first-order chi connectivity index (χ1) is 14.7. The second-order valence-corrected chi connectivity index (χ2v) is 11.3. The van der Waals surface area contributed by atoms with Crippen molar-refractivity contribution in [3.05, 3.63) is 69.8 Å². The predicted octanol–water partition coefficient (Wildman–Crippen LogP) is 5.32. The minimum atomic E-state index is -0.625. The van der Waals surface area contributed by atoms with Crippen molar-refractivity contribution in [1.82, 2.24) is 0 Å². The fraction of sp³-hybridized carbons (Fsp3) is 0.538. The number of hydrogen-bond acceptors (Lipinski definition) is 4. The third-order valence-electron chi connectivity index (χ3n) is 5.51. The van der Waals surface area contributed by atoms with Crippen LogP contribution >= 0.6 is 0 Å². The number of likely N-dealkylation sites (N-methyl/N-ethyl adjacent to an activating group) is 1. The van der Waals surface area contributed by atoms with E-state index in [1.807, 2.05) is 26.2 Å². The van der Waals surface area contributed by atoms with Gasteiger partial charge >= 0.3 is 0 Å². The van der Waals surface area contributed by atoms with E-state index in [0.717, 1.165) is 17.7 Å². The van der Waals surface area contributed by atoms with E-state index in [0.29, 0.717) is 17.6 Å². The number of aliphatic hydroxyl groups excluding tert-OH is 1. The molecule has 0 radical (unpaired) electrons. The van der Waals surface area contributed by atoms with E-state index in [1.54, 1.807) is 12.1 Å². The highest BCUT2D eigenvalue weighted by Gasteiger charge is 2.27. The lowest BCUT2D eigenvalue weighted by Crippen LogP contribution is -2.46. The molecule has 0 heterocycles. The molecular weight excluding hydrogens is 404 g/mol. The van der Waals surface area contributed by atoms with Gasteiger partial charge < -0.3 is 14.3 Å². The topological polar surface area (TPSA) is 72.6 Å². The first-order valence-corrected chi connectivity index (χ1v) is 11.1. The zero-order valence-electron chi connectivity index (χ0n) is 20.6. The summed E-state index contributed by atoms with van der Waals surface area (Å²) in [7, 11) is 4.05. The summed E-state index contributed by atoms with van der Waals surface area (Å²) >= 11 is 0. The monoisotopic (exact) mass is 443 g/mol. The fourth-order valence-electron chi connectivity index (χ4n) is 4.53. The van der Waals surface area contributed by atoms with Crippen molar-refractivity contribution in [3.63, 3.8) is 0 Å². The number of nitro groups is 1. The molecule has 0 aliphatic rings. The number of rotatable bonds is 10. The number of aliphatic hydroxyl groups is 1. The number of nitro benzene ring substituents is 1. The Balaban J connectivity index is 1.88. The molecule has 2 rings (SSSR count). The van der Waals surface area contributed by atoms with Crippen molar-refractivity contribution in [2.24, 2.45) is 5.41 Å². The van der Waals surface area contributed by atoms with Crippen LogP contribution in [0.25, 0.3) is 0 Å². The maximum Gasteiger partial charge on any atom is 0.269 e. The lowest BCUT2D eigenvalue weighted by Gasteiger charge is -2.33. The average molecular weight is 444 g/mol. The Morgan fingerprint density at radius 2 is 1.56 bits per heavy atom. The van der Waals surface area contributed by atoms with Crippen LogP contribution in [0.2, 0.25) is 0 Å². The van der Waals surface area contributed by atoms with Gasteiger partial charge in [0.2, 0.25) is 0 Å². The van der Waals surface area contributed by atoms with Gasteiger partial charge in [0.05, 0.1) is 19.0 Å². The molecule has 6 nitrogen and oxygen atoms in total. The molecule has 0 aromatic heterocycles. The van der Waals surface area contributed by atoms with Crippen LogP contribution in [0.15, 0.2) is 48.5 Å². The van der Waals surface area contributed by atoms with Crippen LogP contribution in [0.4, 0.5) is 5.69 Å². The molecule has 0 saturated carbocycles. The van der Waals surface area contributed by atoms with E-state index in [1.165, 1.54) is 17.7 Å². The molecule has 6 heteroatoms. The molecule has 2 aromatic rings. The maximum absolute atomic E-state index is 10.8. The number of nitrogens with zero attached hydrogens (tertiary/aromatic N) is 2. The molecule has 0 unspecified atom stereocenters. The minimum absolute atomic E-state index is 0.0790. The average Bonchev–Trinajstić information content (AvgIpc) is 2.64. The van der Waals surface area contributed by atoms with Crippen molar-refractivity contribution in [2.75, 3.05) is 27.2 Å². The van der Waals surface area contributed by atoms with Crippen molar-refractivity contribution in [3.8, 4) is 5.75 Å². The van der Waals surface area contributed by atoms with Gasteiger partial charge in [0.1, 0.15) is 31.5 Å². The molecule has 0 fully saturated rings. The summed E-state index contributed by atoms with van der Waals surface area (Å²) in [6.07, 6.45) is 0.459. The Kier molecular flexibility index (Phi) is 8.07. The highest BCUT2D eigenvalue weighted by atomic mass is 16.6. The summed E-state index contributed by atoms with van der Waals surface area (Å²) in [5.41, 5.74) is 2.68. The van der Waals surface area contributed by atoms with Gasteiger partial charge in [0.15, 0.2) is 0 Å². The molecule has 0 aliphatic heterocycles. The van der Waals surface area contributed by atoms with Crippen LogP contribution in [-0.4, -0.2) is 47.9 Å². The number of benzene rings is 2. The van der Waals surface area contributed by atoms with Crippen LogP contribution in [0.3, 0.4) is 0 Å². The largest absolute Gasteiger partial charge is 0.491 e. The molecular formula is C26H39N2O4+. The van der Waals surface area contributed by atoms with Crippen LogP contribution < -0.4 is 4.74 Å². The van der Waals surface area contributed by atoms with E-state index < -0.39 is 11.0 Å². The molecule has 0 amide bonds. The van der Waals surface area contributed by atoms with Crippen LogP contribution in [-0.2, 0) is 12.0 Å². The van der Waals surface area contributed by atoms with Gasteiger partial charge in [0.25, 0.3) is 5.69 Å². The summed E-state index contributed by atoms with van der Waals surface area (Å²) in [4.78, 5) is 10.4. The zero-order valence-corrected chi connectivity index (χ0v) is 20.6. The highest BCUT2D eigenvalue weighted by molar-refractivity contribution is 5.33. The highest BCUT2D eigenvalue weighted by Crippen LogP contribution is 2.36. The molecule has 0 spiro atoms. The smallest absolute Gasteiger partial charge is 0.269 e. The molecule has 176 valence electrons. The maximum atomic E-state index is 10.8. The Morgan fingerprint density at radius 1 is 1.00 bits per heavy atom. The van der Waals surface area contributed by atoms with Gasteiger partial charge in [-0.3, -0.25) is 10.1 Å². The van der Waals surface area contributed by atoms with Crippen LogP contribution in [0.5, 0.6) is 5.75 Å². The van der Waals surface area contributed by atoms with Crippen LogP contribution in [0.1, 0.15) is 52.2 Å². The van der Waals surface area contributed by atoms with Gasteiger partial charge in [0, 0.05) is 17.7 Å². The van der Waals surface area contributed by atoms with Crippen molar-refractivity contribution in [1.29, 1.82) is 0 Å². The SMILES string of the molecule is CC(C)(C)CC(C)(C)c1ccc(OC[C@H](O)C[N+](C)(C)Cc2ccc([N+](=O)[O-])cc2)cc1. The molecule has 32 heavy (non-hydrogen) atoms. The Labute approximate surface area is 192 Å². The second-order valence-electron chi connectivity index (χ2n) is 11.3. The third kappa shape index (κ3) is 8.24. The molecule has 1 atom stereocenters. The lowest BCUT2D eigenvalue weighted by atomic mass is 9.72. The van der Waals surface area contributed by atoms with Gasteiger partial charge in [-0.15, -0.1) is 0 Å². The van der Waals surface area contributed by atoms with E-state index in [4.69, 9.17) is 4.74 Å². The number of non-ortho nitro benzene ring substituents is 1. The first-order valence-electron chi connectivity index (χ1n) is 11.1. The van der Waals surface area contributed by atoms with Crippen LogP contribution in [0, 0.1) is 15.5 Å². The molecule has 2 aromatic carbocycles. The number of ether oxygens (including phenoxy) is 1. The van der Waals surface area contributed by atoms with E-state index in [-0.39, 0.29) is 23.1 Å². The normalized spacial score (nSPS) is 13.6. The zero-order chi connectivity index (χ0) is 24.2. The summed E-state index contributed by atoms with van der Waals surface area (Å²) in [6, 6.07) is 14.7. The fourth-order valence-corrected chi connectivity index (χ4v) is 4.53.